The first-order chi connectivity index (χ1) is 9.33. The monoisotopic (exact) mass is 278 g/mol. The summed E-state index contributed by atoms with van der Waals surface area (Å²) in [6.45, 7) is 7.52. The maximum Gasteiger partial charge on any atom is 0.276 e. The predicted octanol–water partition coefficient (Wildman–Crippen LogP) is 2.57. The average molecular weight is 278 g/mol. The van der Waals surface area contributed by atoms with E-state index >= 15 is 0 Å². The Balaban J connectivity index is 1.88. The molecule has 0 spiro atoms. The van der Waals surface area contributed by atoms with Crippen molar-refractivity contribution in [3.63, 3.8) is 0 Å². The summed E-state index contributed by atoms with van der Waals surface area (Å²) in [4.78, 5) is 6.33. The average Bonchev–Trinajstić information content (AvgIpc) is 2.93. The second kappa shape index (κ2) is 7.25. The van der Waals surface area contributed by atoms with Gasteiger partial charge in [0.2, 0.25) is 5.89 Å². The Morgan fingerprint density at radius 2 is 1.89 bits per heavy atom. The fourth-order valence-corrected chi connectivity index (χ4v) is 2.44. The summed E-state index contributed by atoms with van der Waals surface area (Å²) in [5, 5.41) is 8.72. The van der Waals surface area contributed by atoms with Crippen LogP contribution >= 0.6 is 11.8 Å². The fraction of sp³-hybridized carbons (Fsp3) is 0.462. The van der Waals surface area contributed by atoms with E-state index in [4.69, 9.17) is 4.42 Å². The molecule has 0 fully saturated rings. The molecule has 0 unspecified atom stereocenters. The van der Waals surface area contributed by atoms with Gasteiger partial charge in [-0.25, -0.2) is 0 Å². The second-order valence-electron chi connectivity index (χ2n) is 3.98. The maximum absolute atomic E-state index is 5.61. The van der Waals surface area contributed by atoms with E-state index < -0.39 is 0 Å². The van der Waals surface area contributed by atoms with E-state index in [1.54, 1.807) is 24.2 Å². The van der Waals surface area contributed by atoms with Crippen molar-refractivity contribution >= 4 is 11.8 Å². The van der Waals surface area contributed by atoms with Gasteiger partial charge in [0.05, 0.1) is 0 Å². The van der Waals surface area contributed by atoms with Crippen LogP contribution in [0.15, 0.2) is 34.2 Å². The summed E-state index contributed by atoms with van der Waals surface area (Å²) < 4.78 is 5.61. The Bertz CT molecular complexity index is 484. The molecule has 0 aliphatic carbocycles. The van der Waals surface area contributed by atoms with E-state index in [2.05, 4.69) is 33.9 Å². The van der Waals surface area contributed by atoms with Crippen molar-refractivity contribution in [2.45, 2.75) is 19.1 Å². The molecule has 2 heterocycles. The van der Waals surface area contributed by atoms with Crippen LogP contribution < -0.4 is 0 Å². The molecule has 5 nitrogen and oxygen atoms in total. The third-order valence-corrected chi connectivity index (χ3v) is 3.66. The number of thioether (sulfide) groups is 1. The maximum atomic E-state index is 5.61. The molecule has 0 amide bonds. The van der Waals surface area contributed by atoms with Crippen molar-refractivity contribution in [1.82, 2.24) is 20.1 Å². The summed E-state index contributed by atoms with van der Waals surface area (Å²) in [6.07, 6.45) is 3.43. The molecule has 102 valence electrons. The van der Waals surface area contributed by atoms with Crippen molar-refractivity contribution in [1.29, 1.82) is 0 Å². The van der Waals surface area contributed by atoms with Gasteiger partial charge in [-0.2, -0.15) is 0 Å². The molecule has 0 atom stereocenters. The van der Waals surface area contributed by atoms with Gasteiger partial charge in [-0.1, -0.05) is 25.6 Å². The molecule has 0 aliphatic heterocycles. The minimum Gasteiger partial charge on any atom is -0.411 e. The molecule has 0 N–H and O–H groups in total. The topological polar surface area (TPSA) is 55.1 Å². The Hall–Kier alpha value is -1.40. The molecular formula is C13H18N4OS. The van der Waals surface area contributed by atoms with E-state index in [0.717, 1.165) is 31.0 Å². The highest BCUT2D eigenvalue weighted by Gasteiger charge is 2.09. The number of pyridine rings is 1. The van der Waals surface area contributed by atoms with Crippen molar-refractivity contribution in [2.75, 3.05) is 25.4 Å². The zero-order valence-electron chi connectivity index (χ0n) is 11.2. The smallest absolute Gasteiger partial charge is 0.276 e. The second-order valence-corrected chi connectivity index (χ2v) is 5.03. The van der Waals surface area contributed by atoms with Crippen LogP contribution in [0, 0.1) is 0 Å². The van der Waals surface area contributed by atoms with E-state index in [1.807, 2.05) is 12.1 Å². The van der Waals surface area contributed by atoms with E-state index in [-0.39, 0.29) is 0 Å². The highest BCUT2D eigenvalue weighted by Crippen LogP contribution is 2.22. The first kappa shape index (κ1) is 14.0. The Labute approximate surface area is 117 Å². The molecule has 0 saturated heterocycles. The lowest BCUT2D eigenvalue weighted by molar-refractivity contribution is 0.323. The largest absolute Gasteiger partial charge is 0.411 e. The lowest BCUT2D eigenvalue weighted by Crippen LogP contribution is -2.25. The van der Waals surface area contributed by atoms with Crippen LogP contribution in [0.25, 0.3) is 11.5 Å². The molecule has 0 bridgehead atoms. The van der Waals surface area contributed by atoms with Crippen LogP contribution in [0.2, 0.25) is 0 Å². The molecule has 19 heavy (non-hydrogen) atoms. The van der Waals surface area contributed by atoms with Gasteiger partial charge in [-0.3, -0.25) is 4.98 Å². The Kier molecular flexibility index (Phi) is 5.35. The lowest BCUT2D eigenvalue weighted by Gasteiger charge is -2.16. The van der Waals surface area contributed by atoms with Gasteiger partial charge in [0.15, 0.2) is 0 Å². The third kappa shape index (κ3) is 4.04. The van der Waals surface area contributed by atoms with E-state index in [1.165, 1.54) is 0 Å². The minimum atomic E-state index is 0.549. The lowest BCUT2D eigenvalue weighted by atomic mass is 10.3. The van der Waals surface area contributed by atoms with Crippen molar-refractivity contribution in [3.8, 4) is 11.5 Å². The predicted molar refractivity (Wildman–Crippen MR) is 76.0 cm³/mol. The standard InChI is InChI=1S/C13H18N4OS/c1-3-17(4-2)9-10-19-13-16-15-12(18-13)11-5-7-14-8-6-11/h5-8H,3-4,9-10H2,1-2H3. The van der Waals surface area contributed by atoms with Crippen LogP contribution in [-0.2, 0) is 0 Å². The highest BCUT2D eigenvalue weighted by atomic mass is 32.2. The third-order valence-electron chi connectivity index (χ3n) is 2.86. The van der Waals surface area contributed by atoms with Gasteiger partial charge in [0.1, 0.15) is 0 Å². The van der Waals surface area contributed by atoms with Crippen LogP contribution in [0.1, 0.15) is 13.8 Å². The molecule has 0 aromatic carbocycles. The molecule has 6 heteroatoms. The van der Waals surface area contributed by atoms with Gasteiger partial charge >= 0.3 is 0 Å². The van der Waals surface area contributed by atoms with Crippen LogP contribution in [0.4, 0.5) is 0 Å². The number of hydrogen-bond donors (Lipinski definition) is 0. The number of hydrogen-bond acceptors (Lipinski definition) is 6. The Morgan fingerprint density at radius 3 is 2.58 bits per heavy atom. The van der Waals surface area contributed by atoms with Crippen molar-refractivity contribution in [2.24, 2.45) is 0 Å². The molecule has 0 aliphatic rings. The number of nitrogens with zero attached hydrogens (tertiary/aromatic N) is 4. The molecular weight excluding hydrogens is 260 g/mol. The normalized spacial score (nSPS) is 11.1. The van der Waals surface area contributed by atoms with Gasteiger partial charge in [-0.05, 0) is 25.2 Å². The SMILES string of the molecule is CCN(CC)CCSc1nnc(-c2ccncc2)o1. The first-order valence-electron chi connectivity index (χ1n) is 6.42. The highest BCUT2D eigenvalue weighted by molar-refractivity contribution is 7.99. The van der Waals surface area contributed by atoms with Crippen LogP contribution in [0.5, 0.6) is 0 Å². The van der Waals surface area contributed by atoms with Gasteiger partial charge in [-0.15, -0.1) is 10.2 Å². The van der Waals surface area contributed by atoms with E-state index in [0.29, 0.717) is 11.1 Å². The van der Waals surface area contributed by atoms with Crippen molar-refractivity contribution in [3.05, 3.63) is 24.5 Å². The molecule has 2 aromatic rings. The van der Waals surface area contributed by atoms with Crippen LogP contribution in [-0.4, -0.2) is 45.5 Å². The number of rotatable bonds is 7. The number of aromatic nitrogens is 3. The molecule has 0 radical (unpaired) electrons. The summed E-state index contributed by atoms with van der Waals surface area (Å²) in [7, 11) is 0. The molecule has 2 aromatic heterocycles. The summed E-state index contributed by atoms with van der Waals surface area (Å²) in [6, 6.07) is 3.72. The first-order valence-corrected chi connectivity index (χ1v) is 7.41. The van der Waals surface area contributed by atoms with Crippen molar-refractivity contribution < 1.29 is 4.42 Å². The van der Waals surface area contributed by atoms with Gasteiger partial charge in [0, 0.05) is 30.3 Å². The molecule has 0 saturated carbocycles. The zero-order chi connectivity index (χ0) is 13.5. The van der Waals surface area contributed by atoms with Gasteiger partial charge < -0.3 is 9.32 Å². The fourth-order valence-electron chi connectivity index (χ4n) is 1.68. The molecule has 2 rings (SSSR count). The van der Waals surface area contributed by atoms with Gasteiger partial charge in [0.25, 0.3) is 5.22 Å². The zero-order valence-corrected chi connectivity index (χ0v) is 12.1. The summed E-state index contributed by atoms with van der Waals surface area (Å²) in [5.74, 6) is 1.51. The van der Waals surface area contributed by atoms with E-state index in [9.17, 15) is 0 Å². The van der Waals surface area contributed by atoms with Crippen LogP contribution in [0.3, 0.4) is 0 Å². The quantitative estimate of drug-likeness (QED) is 0.726. The summed E-state index contributed by atoms with van der Waals surface area (Å²) >= 11 is 1.60. The Morgan fingerprint density at radius 1 is 1.16 bits per heavy atom. The summed E-state index contributed by atoms with van der Waals surface area (Å²) in [5.41, 5.74) is 0.901. The minimum absolute atomic E-state index is 0.549.